The molecule has 1 aliphatic carbocycles. The maximum atomic E-state index is 12.2. The van der Waals surface area contributed by atoms with Gasteiger partial charge in [-0.1, -0.05) is 64.2 Å². The Bertz CT molecular complexity index is 596. The Hall–Kier alpha value is -1.79. The quantitative estimate of drug-likeness (QED) is 0.251. The average molecular weight is 501 g/mol. The van der Waals surface area contributed by atoms with E-state index >= 15 is 0 Å². The van der Waals surface area contributed by atoms with Gasteiger partial charge in [-0.15, -0.1) is 11.6 Å². The summed E-state index contributed by atoms with van der Waals surface area (Å²) in [5.41, 5.74) is -0.440. The predicted molar refractivity (Wildman–Crippen MR) is 144 cm³/mol. The number of hydrogen-bond acceptors (Lipinski definition) is 4. The summed E-state index contributed by atoms with van der Waals surface area (Å²) < 4.78 is 11.0. The number of carbonyl (C=O) groups is 2. The number of allylic oxidation sites excluding steroid dienone is 6. The summed E-state index contributed by atoms with van der Waals surface area (Å²) in [7, 11) is 1.72. The van der Waals surface area contributed by atoms with Crippen molar-refractivity contribution in [2.24, 2.45) is 11.8 Å². The molecule has 1 heterocycles. The van der Waals surface area contributed by atoms with E-state index in [1.54, 1.807) is 7.11 Å². The molecule has 198 valence electrons. The number of likely N-dealkylation sites (tertiary alicyclic amines) is 1. The van der Waals surface area contributed by atoms with Crippen LogP contribution in [0.2, 0.25) is 0 Å². The lowest BCUT2D eigenvalue weighted by Crippen LogP contribution is -2.47. The highest BCUT2D eigenvalue weighted by atomic mass is 35.5. The number of rotatable bonds is 7. The van der Waals surface area contributed by atoms with Gasteiger partial charge in [0.25, 0.3) is 0 Å². The van der Waals surface area contributed by atoms with Crippen molar-refractivity contribution >= 4 is 24.1 Å². The summed E-state index contributed by atoms with van der Waals surface area (Å²) in [6, 6.07) is 0.143. The second kappa shape index (κ2) is 20.6. The smallest absolute Gasteiger partial charge is 0.410 e. The van der Waals surface area contributed by atoms with Crippen LogP contribution in [0.4, 0.5) is 4.79 Å². The highest BCUT2D eigenvalue weighted by molar-refractivity contribution is 6.15. The Balaban J connectivity index is 0. The number of nitrogens with zero attached hydrogens (tertiary/aromatic N) is 1. The van der Waals surface area contributed by atoms with Gasteiger partial charge in [0, 0.05) is 26.6 Å². The highest BCUT2D eigenvalue weighted by Gasteiger charge is 2.38. The fourth-order valence-electron chi connectivity index (χ4n) is 3.66. The van der Waals surface area contributed by atoms with Crippen molar-refractivity contribution in [1.82, 2.24) is 10.2 Å². The summed E-state index contributed by atoms with van der Waals surface area (Å²) >= 11 is 4.64. The van der Waals surface area contributed by atoms with Crippen LogP contribution in [0.3, 0.4) is 0 Å². The number of methoxy groups -OCH3 is 1. The molecule has 34 heavy (non-hydrogen) atoms. The normalized spacial score (nSPS) is 17.9. The second-order valence-corrected chi connectivity index (χ2v) is 9.01. The molecule has 1 saturated heterocycles. The maximum absolute atomic E-state index is 12.2. The van der Waals surface area contributed by atoms with Crippen molar-refractivity contribution in [3.63, 3.8) is 0 Å². The van der Waals surface area contributed by atoms with Gasteiger partial charge in [0.05, 0.1) is 12.1 Å². The lowest BCUT2D eigenvalue weighted by Gasteiger charge is -2.34. The van der Waals surface area contributed by atoms with Gasteiger partial charge in [-0.05, 0) is 51.9 Å². The minimum Gasteiger partial charge on any atom is -0.444 e. The fraction of sp³-hybridized carbons (Fsp3) is 0.704. The molecule has 2 aliphatic rings. The Morgan fingerprint density at radius 1 is 1.15 bits per heavy atom. The molecule has 2 amide bonds. The third-order valence-electron chi connectivity index (χ3n) is 4.99. The molecule has 1 N–H and O–H groups in total. The first-order valence-corrected chi connectivity index (χ1v) is 13.0. The van der Waals surface area contributed by atoms with E-state index in [2.05, 4.69) is 42.9 Å². The van der Waals surface area contributed by atoms with Crippen molar-refractivity contribution in [1.29, 1.82) is 0 Å². The van der Waals surface area contributed by atoms with Crippen molar-refractivity contribution in [2.75, 3.05) is 26.6 Å². The molecule has 0 bridgehead atoms. The zero-order chi connectivity index (χ0) is 26.6. The molecular formula is C27H49ClN2O4. The zero-order valence-corrected chi connectivity index (χ0v) is 23.6. The first-order valence-electron chi connectivity index (χ1n) is 12.3. The summed E-state index contributed by atoms with van der Waals surface area (Å²) in [6.07, 6.45) is 17.4. The number of amides is 2. The molecule has 7 heteroatoms. The molecule has 0 aromatic heterocycles. The van der Waals surface area contributed by atoms with Gasteiger partial charge in [-0.25, -0.2) is 4.79 Å². The van der Waals surface area contributed by atoms with Gasteiger partial charge in [0.1, 0.15) is 5.60 Å². The Labute approximate surface area is 213 Å². The molecule has 2 unspecified atom stereocenters. The Morgan fingerprint density at radius 3 is 2.15 bits per heavy atom. The Morgan fingerprint density at radius 2 is 1.71 bits per heavy atom. The number of nitrogens with one attached hydrogen (secondary N) is 1. The van der Waals surface area contributed by atoms with Crippen LogP contribution >= 0.6 is 11.6 Å². The van der Waals surface area contributed by atoms with Gasteiger partial charge < -0.3 is 19.7 Å². The van der Waals surface area contributed by atoms with Crippen molar-refractivity contribution in [3.05, 3.63) is 36.5 Å². The van der Waals surface area contributed by atoms with Crippen LogP contribution in [-0.2, 0) is 14.3 Å². The predicted octanol–water partition coefficient (Wildman–Crippen LogP) is 6.36. The molecule has 6 nitrogen and oxygen atoms in total. The van der Waals surface area contributed by atoms with Crippen LogP contribution in [0.5, 0.6) is 0 Å². The zero-order valence-electron chi connectivity index (χ0n) is 22.8. The number of alkyl halides is 1. The van der Waals surface area contributed by atoms with Crippen LogP contribution in [0, 0.1) is 11.8 Å². The van der Waals surface area contributed by atoms with E-state index in [-0.39, 0.29) is 18.2 Å². The molecule has 0 saturated carbocycles. The maximum Gasteiger partial charge on any atom is 0.410 e. The highest BCUT2D eigenvalue weighted by Crippen LogP contribution is 2.27. The molecule has 1 aliphatic heterocycles. The fourth-order valence-corrected chi connectivity index (χ4v) is 3.66. The summed E-state index contributed by atoms with van der Waals surface area (Å²) in [6.45, 7) is 15.4. The minimum atomic E-state index is -0.440. The molecule has 1 fully saturated rings. The first kappa shape index (κ1) is 34.4. The summed E-state index contributed by atoms with van der Waals surface area (Å²) in [5.74, 6) is 0.843. The number of halogens is 1. The lowest BCUT2D eigenvalue weighted by molar-refractivity contribution is -0.109. The SMILES string of the molecule is CC.CCl.COC(C(C)C)C1CCCN1C(=O)OC(C)(C)C.O=CNCCC1C=CC=CC=C1. The van der Waals surface area contributed by atoms with E-state index < -0.39 is 5.60 Å². The van der Waals surface area contributed by atoms with Crippen molar-refractivity contribution in [3.8, 4) is 0 Å². The van der Waals surface area contributed by atoms with Crippen LogP contribution in [0.15, 0.2) is 36.5 Å². The molecular weight excluding hydrogens is 452 g/mol. The standard InChI is InChI=1S/C14H27NO3.C10H13NO.C2H6.CH3Cl/c1-10(2)12(17-6)11-8-7-9-15(11)13(16)18-14(3,4)5;12-9-11-8-7-10-5-3-1-2-4-6-10;2*1-2/h10-12H,7-9H2,1-6H3;1-6,9-10H,7-8H2,(H,11,12);1-2H3;1H3. The average Bonchev–Trinajstić information content (AvgIpc) is 3.13. The third kappa shape index (κ3) is 15.2. The van der Waals surface area contributed by atoms with Crippen LogP contribution < -0.4 is 5.32 Å². The molecule has 0 aromatic rings. The lowest BCUT2D eigenvalue weighted by atomic mass is 9.97. The minimum absolute atomic E-state index is 0.0834. The van der Waals surface area contributed by atoms with Gasteiger partial charge in [0.2, 0.25) is 6.41 Å². The number of carbonyl (C=O) groups excluding carboxylic acids is 2. The van der Waals surface area contributed by atoms with E-state index in [1.807, 2.05) is 63.8 Å². The number of ether oxygens (including phenoxy) is 2. The van der Waals surface area contributed by atoms with E-state index in [0.717, 1.165) is 38.8 Å². The van der Waals surface area contributed by atoms with Crippen LogP contribution in [0.1, 0.15) is 67.7 Å². The van der Waals surface area contributed by atoms with Crippen LogP contribution in [0.25, 0.3) is 0 Å². The largest absolute Gasteiger partial charge is 0.444 e. The van der Waals surface area contributed by atoms with E-state index in [4.69, 9.17) is 9.47 Å². The van der Waals surface area contributed by atoms with Gasteiger partial charge in [-0.3, -0.25) is 4.79 Å². The van der Waals surface area contributed by atoms with Gasteiger partial charge in [-0.2, -0.15) is 0 Å². The summed E-state index contributed by atoms with van der Waals surface area (Å²) in [4.78, 5) is 24.0. The summed E-state index contributed by atoms with van der Waals surface area (Å²) in [5, 5.41) is 2.65. The Kier molecular flexibility index (Phi) is 20.8. The second-order valence-electron chi connectivity index (χ2n) is 9.01. The topological polar surface area (TPSA) is 67.9 Å². The molecule has 0 spiro atoms. The molecule has 2 atom stereocenters. The van der Waals surface area contributed by atoms with Crippen molar-refractivity contribution in [2.45, 2.75) is 85.5 Å². The van der Waals surface area contributed by atoms with Crippen molar-refractivity contribution < 1.29 is 19.1 Å². The van der Waals surface area contributed by atoms with Gasteiger partial charge in [0.15, 0.2) is 0 Å². The molecule has 0 radical (unpaired) electrons. The van der Waals surface area contributed by atoms with E-state index in [9.17, 15) is 9.59 Å². The number of hydrogen-bond donors (Lipinski definition) is 1. The molecule has 2 rings (SSSR count). The molecule has 0 aromatic carbocycles. The van der Waals surface area contributed by atoms with Crippen LogP contribution in [-0.4, -0.2) is 61.7 Å². The van der Waals surface area contributed by atoms with Gasteiger partial charge >= 0.3 is 6.09 Å². The third-order valence-corrected chi connectivity index (χ3v) is 4.99. The van der Waals surface area contributed by atoms with E-state index in [0.29, 0.717) is 11.8 Å². The first-order chi connectivity index (χ1) is 16.2. The van der Waals surface area contributed by atoms with E-state index in [1.165, 1.54) is 6.38 Å². The monoisotopic (exact) mass is 500 g/mol.